The lowest BCUT2D eigenvalue weighted by Crippen LogP contribution is -2.42. The third-order valence-corrected chi connectivity index (χ3v) is 6.23. The number of carbonyl (C=O) groups excluding carboxylic acids is 1. The smallest absolute Gasteiger partial charge is 0.335 e. The number of rotatable bonds is 11. The fourth-order valence-corrected chi connectivity index (χ4v) is 4.55. The first-order valence-electron chi connectivity index (χ1n) is 9.51. The second-order valence-electron chi connectivity index (χ2n) is 6.50. The number of nitrogens with one attached hydrogen (secondary N) is 1. The minimum absolute atomic E-state index is 0.0528. The lowest BCUT2D eigenvalue weighted by atomic mass is 10.0. The summed E-state index contributed by atoms with van der Waals surface area (Å²) in [6, 6.07) is 10.6. The summed E-state index contributed by atoms with van der Waals surface area (Å²) in [5.41, 5.74) is 1.36. The Morgan fingerprint density at radius 3 is 2.23 bits per heavy atom. The van der Waals surface area contributed by atoms with E-state index >= 15 is 0 Å². The Hall–Kier alpha value is -2.54. The van der Waals surface area contributed by atoms with Crippen molar-refractivity contribution in [1.29, 1.82) is 0 Å². The normalized spacial score (nSPS) is 12.4. The third-order valence-electron chi connectivity index (χ3n) is 4.18. The van der Waals surface area contributed by atoms with E-state index in [0.717, 1.165) is 0 Å². The number of aliphatic carboxylic acids is 1. The predicted molar refractivity (Wildman–Crippen MR) is 110 cm³/mol. The molecule has 2 rings (SSSR count). The lowest BCUT2D eigenvalue weighted by Gasteiger charge is -2.17. The van der Waals surface area contributed by atoms with Crippen molar-refractivity contribution >= 4 is 19.5 Å². The van der Waals surface area contributed by atoms with Crippen molar-refractivity contribution in [3.8, 4) is 0 Å². The van der Waals surface area contributed by atoms with Crippen LogP contribution in [0.5, 0.6) is 0 Å². The molecule has 1 amide bonds. The van der Waals surface area contributed by atoms with Gasteiger partial charge in [0.15, 0.2) is 0 Å². The molecule has 0 saturated heterocycles. The SMILES string of the molecule is CCOP(=O)(Cc1ccc(C(=O)N[C@H](Cc2cccc(F)c2)C(=O)O)cc1)OCC. The zero-order chi connectivity index (χ0) is 22.1. The average molecular weight is 437 g/mol. The second-order valence-corrected chi connectivity index (χ2v) is 8.55. The van der Waals surface area contributed by atoms with E-state index in [0.29, 0.717) is 11.1 Å². The maximum absolute atomic E-state index is 13.3. The summed E-state index contributed by atoms with van der Waals surface area (Å²) in [4.78, 5) is 24.0. The number of carboxylic acid groups (broad SMARTS) is 1. The van der Waals surface area contributed by atoms with Gasteiger partial charge in [-0.25, -0.2) is 9.18 Å². The van der Waals surface area contributed by atoms with Gasteiger partial charge in [-0.2, -0.15) is 0 Å². The van der Waals surface area contributed by atoms with Crippen LogP contribution in [0, 0.1) is 5.82 Å². The van der Waals surface area contributed by atoms with Crippen LogP contribution in [0.3, 0.4) is 0 Å². The van der Waals surface area contributed by atoms with Crippen LogP contribution < -0.4 is 5.32 Å². The molecule has 0 saturated carbocycles. The van der Waals surface area contributed by atoms with Gasteiger partial charge in [0, 0.05) is 12.0 Å². The van der Waals surface area contributed by atoms with Crippen LogP contribution in [-0.2, 0) is 31.0 Å². The Bertz CT molecular complexity index is 908. The van der Waals surface area contributed by atoms with Gasteiger partial charge in [-0.3, -0.25) is 9.36 Å². The molecule has 0 aliphatic rings. The number of amides is 1. The van der Waals surface area contributed by atoms with Crippen molar-refractivity contribution in [1.82, 2.24) is 5.32 Å². The van der Waals surface area contributed by atoms with E-state index in [4.69, 9.17) is 9.05 Å². The van der Waals surface area contributed by atoms with Gasteiger partial charge in [0.05, 0.1) is 19.4 Å². The van der Waals surface area contributed by atoms with Gasteiger partial charge in [0.2, 0.25) is 0 Å². The predicted octanol–water partition coefficient (Wildman–Crippen LogP) is 4.02. The van der Waals surface area contributed by atoms with Crippen LogP contribution in [0.4, 0.5) is 4.39 Å². The standard InChI is InChI=1S/C21H25FNO6P/c1-3-28-30(27,29-4-2)14-15-8-10-17(11-9-15)20(24)23-19(21(25)26)13-16-6-5-7-18(22)12-16/h5-12,19H,3-4,13-14H2,1-2H3,(H,23,24)(H,25,26)/t19-/m1/s1. The molecule has 0 heterocycles. The van der Waals surface area contributed by atoms with Crippen molar-refractivity contribution in [2.24, 2.45) is 0 Å². The van der Waals surface area contributed by atoms with Gasteiger partial charge in [-0.1, -0.05) is 24.3 Å². The van der Waals surface area contributed by atoms with Gasteiger partial charge >= 0.3 is 13.6 Å². The van der Waals surface area contributed by atoms with Gasteiger partial charge in [0.25, 0.3) is 5.91 Å². The highest BCUT2D eigenvalue weighted by atomic mass is 31.2. The van der Waals surface area contributed by atoms with Gasteiger partial charge < -0.3 is 19.5 Å². The zero-order valence-electron chi connectivity index (χ0n) is 16.8. The Morgan fingerprint density at radius 1 is 1.07 bits per heavy atom. The van der Waals surface area contributed by atoms with Crippen LogP contribution in [0.15, 0.2) is 48.5 Å². The monoisotopic (exact) mass is 437 g/mol. The molecule has 2 N–H and O–H groups in total. The van der Waals surface area contributed by atoms with Crippen molar-refractivity contribution in [3.05, 3.63) is 71.0 Å². The van der Waals surface area contributed by atoms with Crippen molar-refractivity contribution in [2.75, 3.05) is 13.2 Å². The van der Waals surface area contributed by atoms with Crippen molar-refractivity contribution in [2.45, 2.75) is 32.5 Å². The molecule has 30 heavy (non-hydrogen) atoms. The van der Waals surface area contributed by atoms with Gasteiger partial charge in [-0.15, -0.1) is 0 Å². The number of hydrogen-bond donors (Lipinski definition) is 2. The minimum Gasteiger partial charge on any atom is -0.480 e. The first kappa shape index (κ1) is 23.7. The van der Waals surface area contributed by atoms with E-state index in [1.165, 1.54) is 30.3 Å². The molecule has 162 valence electrons. The van der Waals surface area contributed by atoms with Crippen molar-refractivity contribution in [3.63, 3.8) is 0 Å². The molecule has 0 aliphatic carbocycles. The highest BCUT2D eigenvalue weighted by Gasteiger charge is 2.25. The van der Waals surface area contributed by atoms with E-state index < -0.39 is 31.3 Å². The second kappa shape index (κ2) is 11.0. The molecule has 2 aromatic carbocycles. The highest BCUT2D eigenvalue weighted by Crippen LogP contribution is 2.51. The molecule has 2 aromatic rings. The largest absolute Gasteiger partial charge is 0.480 e. The molecule has 9 heteroatoms. The van der Waals surface area contributed by atoms with Crippen molar-refractivity contribution < 1.29 is 32.7 Å². The summed E-state index contributed by atoms with van der Waals surface area (Å²) >= 11 is 0. The summed E-state index contributed by atoms with van der Waals surface area (Å²) in [6.07, 6.45) is 0.0106. The first-order chi connectivity index (χ1) is 14.3. The van der Waals surface area contributed by atoms with Gasteiger partial charge in [0.1, 0.15) is 11.9 Å². The molecule has 0 aliphatic heterocycles. The topological polar surface area (TPSA) is 102 Å². The molecule has 0 fully saturated rings. The van der Waals surface area contributed by atoms with Crippen LogP contribution in [0.2, 0.25) is 0 Å². The lowest BCUT2D eigenvalue weighted by molar-refractivity contribution is -0.139. The molecule has 0 radical (unpaired) electrons. The molecular weight excluding hydrogens is 412 g/mol. The summed E-state index contributed by atoms with van der Waals surface area (Å²) < 4.78 is 36.4. The maximum atomic E-state index is 13.3. The summed E-state index contributed by atoms with van der Waals surface area (Å²) in [5.74, 6) is -2.28. The number of benzene rings is 2. The molecule has 0 spiro atoms. The molecular formula is C21H25FNO6P. The Kier molecular flexibility index (Phi) is 8.72. The van der Waals surface area contributed by atoms with E-state index in [1.807, 2.05) is 0 Å². The van der Waals surface area contributed by atoms with E-state index in [2.05, 4.69) is 5.32 Å². The van der Waals surface area contributed by atoms with Crippen LogP contribution in [0.1, 0.15) is 35.3 Å². The Morgan fingerprint density at radius 2 is 1.70 bits per heavy atom. The quantitative estimate of drug-likeness (QED) is 0.515. The van der Waals surface area contributed by atoms with E-state index in [1.54, 1.807) is 32.0 Å². The Labute approximate surface area is 174 Å². The zero-order valence-corrected chi connectivity index (χ0v) is 17.7. The fraction of sp³-hybridized carbons (Fsp3) is 0.333. The third kappa shape index (κ3) is 7.06. The first-order valence-corrected chi connectivity index (χ1v) is 11.2. The molecule has 0 aromatic heterocycles. The highest BCUT2D eigenvalue weighted by molar-refractivity contribution is 7.53. The summed E-state index contributed by atoms with van der Waals surface area (Å²) in [6.45, 7) is 3.95. The molecule has 7 nitrogen and oxygen atoms in total. The number of halogens is 1. The van der Waals surface area contributed by atoms with Crippen LogP contribution >= 0.6 is 7.60 Å². The fourth-order valence-electron chi connectivity index (χ4n) is 2.85. The van der Waals surface area contributed by atoms with Gasteiger partial charge in [-0.05, 0) is 49.2 Å². The van der Waals surface area contributed by atoms with E-state index in [-0.39, 0.29) is 31.4 Å². The summed E-state index contributed by atoms with van der Waals surface area (Å²) in [7, 11) is -3.27. The number of carbonyl (C=O) groups is 2. The van der Waals surface area contributed by atoms with Crippen LogP contribution in [-0.4, -0.2) is 36.2 Å². The number of carboxylic acids is 1. The minimum atomic E-state index is -3.27. The molecule has 1 atom stereocenters. The van der Waals surface area contributed by atoms with Crippen LogP contribution in [0.25, 0.3) is 0 Å². The average Bonchev–Trinajstić information content (AvgIpc) is 2.68. The maximum Gasteiger partial charge on any atom is 0.335 e. The van der Waals surface area contributed by atoms with E-state index in [9.17, 15) is 23.7 Å². The Balaban J connectivity index is 2.06. The summed E-state index contributed by atoms with van der Waals surface area (Å²) in [5, 5.41) is 11.8. The number of hydrogen-bond acceptors (Lipinski definition) is 5. The molecule has 0 bridgehead atoms. The molecule has 0 unspecified atom stereocenters.